The van der Waals surface area contributed by atoms with E-state index >= 15 is 0 Å². The number of nitrogens with zero attached hydrogens (tertiary/aromatic N) is 3. The van der Waals surface area contributed by atoms with Crippen LogP contribution in [0.1, 0.15) is 17.3 Å². The van der Waals surface area contributed by atoms with Crippen molar-refractivity contribution in [3.63, 3.8) is 0 Å². The van der Waals surface area contributed by atoms with E-state index in [9.17, 15) is 13.2 Å². The van der Waals surface area contributed by atoms with Crippen molar-refractivity contribution in [2.24, 2.45) is 0 Å². The number of nitrogens with one attached hydrogen (secondary N) is 1. The van der Waals surface area contributed by atoms with Crippen molar-refractivity contribution >= 4 is 15.9 Å². The van der Waals surface area contributed by atoms with Gasteiger partial charge in [0.1, 0.15) is 5.75 Å². The summed E-state index contributed by atoms with van der Waals surface area (Å²) in [7, 11) is -3.31. The monoisotopic (exact) mass is 378 g/mol. The lowest BCUT2D eigenvalue weighted by atomic mass is 10.2. The van der Waals surface area contributed by atoms with Crippen molar-refractivity contribution in [2.45, 2.75) is 19.5 Å². The summed E-state index contributed by atoms with van der Waals surface area (Å²) < 4.78 is 32.8. The lowest BCUT2D eigenvalue weighted by molar-refractivity contribution is -0.135. The standard InChI is InChI=1S/C17H22N4O4S/c1-13-5-3-4-6-16(13)25-11-17(22)20-9-14-7-18-12-21(14)15(10-20)8-19-26(2,23)24/h3-7,12,15,19H,8-11H2,1-2H3/t15-/m1/s1. The van der Waals surface area contributed by atoms with Crippen molar-refractivity contribution in [3.05, 3.63) is 48.0 Å². The zero-order valence-electron chi connectivity index (χ0n) is 14.8. The summed E-state index contributed by atoms with van der Waals surface area (Å²) in [6, 6.07) is 7.31. The lowest BCUT2D eigenvalue weighted by Gasteiger charge is -2.34. The number of sulfonamides is 1. The van der Waals surface area contributed by atoms with Crippen molar-refractivity contribution < 1.29 is 17.9 Å². The van der Waals surface area contributed by atoms with Crippen LogP contribution in [0.25, 0.3) is 0 Å². The minimum absolute atomic E-state index is 0.0643. The molecule has 0 saturated heterocycles. The van der Waals surface area contributed by atoms with Crippen LogP contribution in [0, 0.1) is 6.92 Å². The largest absolute Gasteiger partial charge is 0.484 e. The molecule has 1 aliphatic heterocycles. The second-order valence-electron chi connectivity index (χ2n) is 6.40. The lowest BCUT2D eigenvalue weighted by Crippen LogP contribution is -2.46. The molecule has 1 amide bonds. The predicted molar refractivity (Wildman–Crippen MR) is 96.2 cm³/mol. The third kappa shape index (κ3) is 4.41. The first-order valence-electron chi connectivity index (χ1n) is 8.25. The van der Waals surface area contributed by atoms with Gasteiger partial charge in [-0.2, -0.15) is 0 Å². The van der Waals surface area contributed by atoms with Crippen LogP contribution in [0.2, 0.25) is 0 Å². The first kappa shape index (κ1) is 18.4. The van der Waals surface area contributed by atoms with E-state index in [-0.39, 0.29) is 25.1 Å². The van der Waals surface area contributed by atoms with Gasteiger partial charge in [-0.25, -0.2) is 18.1 Å². The summed E-state index contributed by atoms with van der Waals surface area (Å²) in [5.41, 5.74) is 1.83. The highest BCUT2D eigenvalue weighted by Gasteiger charge is 2.28. The number of aromatic nitrogens is 2. The van der Waals surface area contributed by atoms with Crippen LogP contribution in [0.3, 0.4) is 0 Å². The third-order valence-corrected chi connectivity index (χ3v) is 4.99. The fourth-order valence-electron chi connectivity index (χ4n) is 2.94. The first-order valence-corrected chi connectivity index (χ1v) is 10.1. The van der Waals surface area contributed by atoms with Crippen LogP contribution < -0.4 is 9.46 Å². The Balaban J connectivity index is 1.66. The molecule has 26 heavy (non-hydrogen) atoms. The number of para-hydroxylation sites is 1. The van der Waals surface area contributed by atoms with E-state index in [0.717, 1.165) is 17.5 Å². The number of carbonyl (C=O) groups excluding carboxylic acids is 1. The van der Waals surface area contributed by atoms with Gasteiger partial charge in [0.05, 0.1) is 30.9 Å². The van der Waals surface area contributed by atoms with E-state index in [4.69, 9.17) is 4.74 Å². The molecule has 8 nitrogen and oxygen atoms in total. The Morgan fingerprint density at radius 3 is 2.88 bits per heavy atom. The Kier molecular flexibility index (Phi) is 5.28. The second-order valence-corrected chi connectivity index (χ2v) is 8.23. The summed E-state index contributed by atoms with van der Waals surface area (Å²) in [6.07, 6.45) is 4.47. The summed E-state index contributed by atoms with van der Waals surface area (Å²) in [5, 5.41) is 0. The number of fused-ring (bicyclic) bond motifs is 1. The normalized spacial score (nSPS) is 17.0. The molecule has 1 aliphatic rings. The van der Waals surface area contributed by atoms with Gasteiger partial charge in [-0.05, 0) is 18.6 Å². The molecule has 0 bridgehead atoms. The Morgan fingerprint density at radius 1 is 1.38 bits per heavy atom. The molecule has 1 aromatic heterocycles. The van der Waals surface area contributed by atoms with Gasteiger partial charge in [-0.3, -0.25) is 4.79 Å². The quantitative estimate of drug-likeness (QED) is 0.799. The number of ether oxygens (including phenoxy) is 1. The average Bonchev–Trinajstić information content (AvgIpc) is 3.06. The van der Waals surface area contributed by atoms with E-state index < -0.39 is 10.0 Å². The zero-order valence-corrected chi connectivity index (χ0v) is 15.6. The van der Waals surface area contributed by atoms with Crippen molar-refractivity contribution in [1.29, 1.82) is 0 Å². The topological polar surface area (TPSA) is 93.5 Å². The van der Waals surface area contributed by atoms with Crippen LogP contribution in [0.5, 0.6) is 5.75 Å². The molecule has 0 saturated carbocycles. The fourth-order valence-corrected chi connectivity index (χ4v) is 3.43. The average molecular weight is 378 g/mol. The molecule has 1 aromatic carbocycles. The molecule has 2 aromatic rings. The molecule has 9 heteroatoms. The molecule has 140 valence electrons. The molecule has 1 N–H and O–H groups in total. The highest BCUT2D eigenvalue weighted by atomic mass is 32.2. The van der Waals surface area contributed by atoms with E-state index in [1.165, 1.54) is 0 Å². The third-order valence-electron chi connectivity index (χ3n) is 4.30. The fraction of sp³-hybridized carbons (Fsp3) is 0.412. The number of aryl methyl sites for hydroxylation is 1. The van der Waals surface area contributed by atoms with Crippen LogP contribution in [-0.2, 0) is 21.4 Å². The van der Waals surface area contributed by atoms with E-state index in [2.05, 4.69) is 9.71 Å². The molecule has 0 fully saturated rings. The van der Waals surface area contributed by atoms with E-state index in [1.54, 1.807) is 17.4 Å². The summed E-state index contributed by atoms with van der Waals surface area (Å²) in [5.74, 6) is 0.531. The number of hydrogen-bond donors (Lipinski definition) is 1. The molecule has 0 aliphatic carbocycles. The number of hydrogen-bond acceptors (Lipinski definition) is 5. The van der Waals surface area contributed by atoms with Crippen molar-refractivity contribution in [3.8, 4) is 5.75 Å². The van der Waals surface area contributed by atoms with Gasteiger partial charge in [-0.1, -0.05) is 18.2 Å². The number of rotatable bonds is 6. The maximum atomic E-state index is 12.6. The Morgan fingerprint density at radius 2 is 2.15 bits per heavy atom. The van der Waals surface area contributed by atoms with Crippen LogP contribution in [0.15, 0.2) is 36.8 Å². The van der Waals surface area contributed by atoms with Crippen LogP contribution >= 0.6 is 0 Å². The molecule has 3 rings (SSSR count). The van der Waals surface area contributed by atoms with Crippen LogP contribution in [0.4, 0.5) is 0 Å². The molecular weight excluding hydrogens is 356 g/mol. The predicted octanol–water partition coefficient (Wildman–Crippen LogP) is 0.703. The van der Waals surface area contributed by atoms with E-state index in [0.29, 0.717) is 18.8 Å². The Hall–Kier alpha value is -2.39. The molecule has 0 radical (unpaired) electrons. The maximum Gasteiger partial charge on any atom is 0.260 e. The number of benzene rings is 1. The molecule has 1 atom stereocenters. The van der Waals surface area contributed by atoms with Gasteiger partial charge < -0.3 is 14.2 Å². The second kappa shape index (κ2) is 7.46. The first-order chi connectivity index (χ1) is 12.3. The summed E-state index contributed by atoms with van der Waals surface area (Å²) in [6.45, 7) is 2.87. The van der Waals surface area contributed by atoms with Crippen molar-refractivity contribution in [2.75, 3.05) is 26.0 Å². The van der Waals surface area contributed by atoms with E-state index in [1.807, 2.05) is 35.8 Å². The SMILES string of the molecule is Cc1ccccc1OCC(=O)N1Cc2cncn2[C@H](CNS(C)(=O)=O)C1. The molecule has 2 heterocycles. The van der Waals surface area contributed by atoms with Gasteiger partial charge in [0, 0.05) is 19.3 Å². The zero-order chi connectivity index (χ0) is 18.7. The maximum absolute atomic E-state index is 12.6. The van der Waals surface area contributed by atoms with Crippen LogP contribution in [-0.4, -0.2) is 54.7 Å². The number of carbonyl (C=O) groups is 1. The minimum atomic E-state index is -3.31. The molecule has 0 spiro atoms. The van der Waals surface area contributed by atoms with Gasteiger partial charge >= 0.3 is 0 Å². The highest BCUT2D eigenvalue weighted by Crippen LogP contribution is 2.21. The number of amides is 1. The van der Waals surface area contributed by atoms with Gasteiger partial charge in [0.2, 0.25) is 10.0 Å². The van der Waals surface area contributed by atoms with Gasteiger partial charge in [0.25, 0.3) is 5.91 Å². The van der Waals surface area contributed by atoms with Crippen molar-refractivity contribution in [1.82, 2.24) is 19.2 Å². The molecule has 0 unspecified atom stereocenters. The molecular formula is C17H22N4O4S. The van der Waals surface area contributed by atoms with Gasteiger partial charge in [0.15, 0.2) is 6.61 Å². The summed E-state index contributed by atoms with van der Waals surface area (Å²) >= 11 is 0. The van der Waals surface area contributed by atoms with Gasteiger partial charge in [-0.15, -0.1) is 0 Å². The smallest absolute Gasteiger partial charge is 0.260 e. The summed E-state index contributed by atoms with van der Waals surface area (Å²) in [4.78, 5) is 18.4. The minimum Gasteiger partial charge on any atom is -0.484 e. The number of imidazole rings is 1. The Labute approximate surface area is 152 Å². The highest BCUT2D eigenvalue weighted by molar-refractivity contribution is 7.88. The Bertz CT molecular complexity index is 894.